The fraction of sp³-hybridized carbons (Fsp3) is 0.429. The van der Waals surface area contributed by atoms with Gasteiger partial charge in [0.15, 0.2) is 0 Å². The van der Waals surface area contributed by atoms with Crippen LogP contribution in [0.3, 0.4) is 0 Å². The molecule has 0 amide bonds. The van der Waals surface area contributed by atoms with Gasteiger partial charge in [-0.15, -0.1) is 0 Å². The lowest BCUT2D eigenvalue weighted by atomic mass is 9.99. The van der Waals surface area contributed by atoms with E-state index in [4.69, 9.17) is 0 Å². The predicted molar refractivity (Wildman–Crippen MR) is 105 cm³/mol. The van der Waals surface area contributed by atoms with Crippen LogP contribution in [0, 0.1) is 12.8 Å². The third-order valence-electron chi connectivity index (χ3n) is 5.47. The molecule has 1 aromatic carbocycles. The zero-order chi connectivity index (χ0) is 18.8. The number of nitrogens with zero attached hydrogens (tertiary/aromatic N) is 4. The summed E-state index contributed by atoms with van der Waals surface area (Å²) in [6.07, 6.45) is 9.22. The molecule has 2 N–H and O–H groups in total. The van der Waals surface area contributed by atoms with E-state index in [1.165, 1.54) is 16.7 Å². The van der Waals surface area contributed by atoms with Gasteiger partial charge in [-0.1, -0.05) is 23.8 Å². The van der Waals surface area contributed by atoms with Gasteiger partial charge in [0.2, 0.25) is 0 Å². The Hall–Kier alpha value is -2.44. The molecule has 0 spiro atoms. The lowest BCUT2D eigenvalue weighted by Crippen LogP contribution is -2.35. The van der Waals surface area contributed by atoms with Crippen LogP contribution in [-0.4, -0.2) is 36.8 Å². The van der Waals surface area contributed by atoms with Crippen LogP contribution in [0.4, 0.5) is 0 Å². The fourth-order valence-corrected chi connectivity index (χ4v) is 4.07. The van der Waals surface area contributed by atoms with Crippen molar-refractivity contribution in [2.45, 2.75) is 45.0 Å². The lowest BCUT2D eigenvalue weighted by Gasteiger charge is -2.18. The van der Waals surface area contributed by atoms with Crippen LogP contribution in [0.15, 0.2) is 49.1 Å². The normalized spacial score (nSPS) is 22.4. The first kappa shape index (κ1) is 17.9. The van der Waals surface area contributed by atoms with E-state index in [0.29, 0.717) is 5.92 Å². The van der Waals surface area contributed by atoms with Crippen molar-refractivity contribution in [1.29, 1.82) is 0 Å². The number of hydrogen-bond donors (Lipinski definition) is 2. The molecule has 1 aliphatic rings. The van der Waals surface area contributed by atoms with Crippen LogP contribution < -0.4 is 5.32 Å². The Morgan fingerprint density at radius 3 is 2.89 bits per heavy atom. The molecule has 0 bridgehead atoms. The van der Waals surface area contributed by atoms with Crippen molar-refractivity contribution in [3.05, 3.63) is 60.2 Å². The Morgan fingerprint density at radius 2 is 2.15 bits per heavy atom. The number of hydrogen-bond acceptors (Lipinski definition) is 4. The number of aryl methyl sites for hydroxylation is 2. The second-order valence-electron chi connectivity index (χ2n) is 7.68. The Morgan fingerprint density at radius 1 is 1.26 bits per heavy atom. The van der Waals surface area contributed by atoms with Crippen molar-refractivity contribution < 1.29 is 5.11 Å². The van der Waals surface area contributed by atoms with Crippen molar-refractivity contribution in [1.82, 2.24) is 24.9 Å². The highest BCUT2D eigenvalue weighted by molar-refractivity contribution is 5.66. The molecule has 142 valence electrons. The molecule has 27 heavy (non-hydrogen) atoms. The average Bonchev–Trinajstić information content (AvgIpc) is 3.37. The lowest BCUT2D eigenvalue weighted by molar-refractivity contribution is 0.145. The van der Waals surface area contributed by atoms with Crippen LogP contribution in [0.1, 0.15) is 24.0 Å². The second kappa shape index (κ2) is 7.66. The van der Waals surface area contributed by atoms with E-state index in [1.54, 1.807) is 6.20 Å². The summed E-state index contributed by atoms with van der Waals surface area (Å²) >= 11 is 0. The molecule has 1 unspecified atom stereocenters. The van der Waals surface area contributed by atoms with E-state index in [1.807, 2.05) is 41.1 Å². The molecule has 6 heteroatoms. The maximum atomic E-state index is 10.5. The molecule has 3 atom stereocenters. The number of nitrogens with one attached hydrogen (secondary N) is 1. The first-order chi connectivity index (χ1) is 13.1. The van der Waals surface area contributed by atoms with E-state index >= 15 is 0 Å². The molecule has 0 aliphatic heterocycles. The maximum Gasteiger partial charge on any atom is 0.0696 e. The highest BCUT2D eigenvalue weighted by Gasteiger charge is 2.32. The number of rotatable bonds is 6. The first-order valence-electron chi connectivity index (χ1n) is 9.56. The molecule has 1 aliphatic carbocycles. The third-order valence-corrected chi connectivity index (χ3v) is 5.47. The van der Waals surface area contributed by atoms with Crippen molar-refractivity contribution in [3.8, 4) is 11.1 Å². The standard InChI is InChI=1S/C21H27N5O/c1-15-4-5-17(19(8-15)18-12-24-25(2)14-18)11-22-20-9-16(10-21(20)27)13-26-7-3-6-23-26/h3-8,12,14,16,20-22,27H,9-11,13H2,1-2H3/t16?,20-,21-/m1/s1. The molecule has 0 radical (unpaired) electrons. The van der Waals surface area contributed by atoms with Crippen LogP contribution in [-0.2, 0) is 20.1 Å². The number of aliphatic hydroxyl groups excluding tert-OH is 1. The summed E-state index contributed by atoms with van der Waals surface area (Å²) in [6.45, 7) is 3.71. The van der Waals surface area contributed by atoms with Gasteiger partial charge in [-0.25, -0.2) is 0 Å². The molecule has 6 nitrogen and oxygen atoms in total. The van der Waals surface area contributed by atoms with Gasteiger partial charge in [-0.2, -0.15) is 10.2 Å². The highest BCUT2D eigenvalue weighted by atomic mass is 16.3. The average molecular weight is 365 g/mol. The molecule has 4 rings (SSSR count). The largest absolute Gasteiger partial charge is 0.391 e. The smallest absolute Gasteiger partial charge is 0.0696 e. The summed E-state index contributed by atoms with van der Waals surface area (Å²) in [7, 11) is 1.94. The van der Waals surface area contributed by atoms with Crippen LogP contribution in [0.5, 0.6) is 0 Å². The van der Waals surface area contributed by atoms with Gasteiger partial charge in [-0.3, -0.25) is 9.36 Å². The van der Waals surface area contributed by atoms with Crippen molar-refractivity contribution in [2.75, 3.05) is 0 Å². The Kier molecular flexibility index (Phi) is 5.09. The van der Waals surface area contributed by atoms with Crippen molar-refractivity contribution in [3.63, 3.8) is 0 Å². The van der Waals surface area contributed by atoms with E-state index < -0.39 is 0 Å². The van der Waals surface area contributed by atoms with E-state index in [9.17, 15) is 5.11 Å². The molecule has 2 heterocycles. The Labute approximate surface area is 159 Å². The minimum Gasteiger partial charge on any atom is -0.391 e. The maximum absolute atomic E-state index is 10.5. The van der Waals surface area contributed by atoms with E-state index in [0.717, 1.165) is 31.5 Å². The van der Waals surface area contributed by atoms with Crippen molar-refractivity contribution >= 4 is 0 Å². The highest BCUT2D eigenvalue weighted by Crippen LogP contribution is 2.29. The van der Waals surface area contributed by atoms with Gasteiger partial charge in [0, 0.05) is 50.3 Å². The van der Waals surface area contributed by atoms with Crippen molar-refractivity contribution in [2.24, 2.45) is 13.0 Å². The van der Waals surface area contributed by atoms with Crippen LogP contribution in [0.2, 0.25) is 0 Å². The fourth-order valence-electron chi connectivity index (χ4n) is 4.07. The van der Waals surface area contributed by atoms with Gasteiger partial charge in [0.25, 0.3) is 0 Å². The van der Waals surface area contributed by atoms with Gasteiger partial charge >= 0.3 is 0 Å². The summed E-state index contributed by atoms with van der Waals surface area (Å²) in [4.78, 5) is 0. The third kappa shape index (κ3) is 4.12. The molecule has 3 aromatic rings. The first-order valence-corrected chi connectivity index (χ1v) is 9.56. The summed E-state index contributed by atoms with van der Waals surface area (Å²) in [5.74, 6) is 0.452. The molecule has 0 saturated heterocycles. The van der Waals surface area contributed by atoms with Gasteiger partial charge < -0.3 is 10.4 Å². The quantitative estimate of drug-likeness (QED) is 0.704. The minimum absolute atomic E-state index is 0.119. The topological polar surface area (TPSA) is 67.9 Å². The Balaban J connectivity index is 1.43. The van der Waals surface area contributed by atoms with Gasteiger partial charge in [0.1, 0.15) is 0 Å². The minimum atomic E-state index is -0.308. The molecular weight excluding hydrogens is 338 g/mol. The van der Waals surface area contributed by atoms with E-state index in [2.05, 4.69) is 40.6 Å². The van der Waals surface area contributed by atoms with Crippen LogP contribution in [0.25, 0.3) is 11.1 Å². The zero-order valence-electron chi connectivity index (χ0n) is 15.9. The molecule has 1 saturated carbocycles. The zero-order valence-corrected chi connectivity index (χ0v) is 15.9. The van der Waals surface area contributed by atoms with Crippen LogP contribution >= 0.6 is 0 Å². The van der Waals surface area contributed by atoms with Gasteiger partial charge in [0.05, 0.1) is 12.3 Å². The van der Waals surface area contributed by atoms with E-state index in [-0.39, 0.29) is 12.1 Å². The summed E-state index contributed by atoms with van der Waals surface area (Å²) in [6, 6.07) is 8.59. The second-order valence-corrected chi connectivity index (χ2v) is 7.68. The number of aliphatic hydroxyl groups is 1. The number of aromatic nitrogens is 4. The summed E-state index contributed by atoms with van der Waals surface area (Å²) in [5.41, 5.74) is 4.80. The SMILES string of the molecule is Cc1ccc(CN[C@@H]2CC(Cn3cccn3)C[C@H]2O)c(-c2cnn(C)c2)c1. The Bertz CT molecular complexity index is 886. The molecular formula is C21H27N5O. The molecule has 2 aromatic heterocycles. The monoisotopic (exact) mass is 365 g/mol. The predicted octanol–water partition coefficient (Wildman–Crippen LogP) is 2.52. The molecule has 1 fully saturated rings. The number of benzene rings is 1. The summed E-state index contributed by atoms with van der Waals surface area (Å²) in [5, 5.41) is 22.7. The van der Waals surface area contributed by atoms with Gasteiger partial charge in [-0.05, 0) is 42.9 Å². The summed E-state index contributed by atoms with van der Waals surface area (Å²) < 4.78 is 3.79.